The Morgan fingerprint density at radius 3 is 2.16 bits per heavy atom. The Balaban J connectivity index is 1.41. The highest BCUT2D eigenvalue weighted by molar-refractivity contribution is 6.76. The van der Waals surface area contributed by atoms with E-state index in [0.29, 0.717) is 17.9 Å². The minimum absolute atomic E-state index is 0.00330. The Morgan fingerprint density at radius 1 is 0.977 bits per heavy atom. The quantitative estimate of drug-likeness (QED) is 0.159. The van der Waals surface area contributed by atoms with Crippen LogP contribution in [0.15, 0.2) is 48.8 Å². The van der Waals surface area contributed by atoms with Gasteiger partial charge in [-0.25, -0.2) is 4.98 Å². The minimum Gasteiger partial charge on any atom is -0.490 e. The van der Waals surface area contributed by atoms with Crippen molar-refractivity contribution in [3.05, 3.63) is 54.5 Å². The van der Waals surface area contributed by atoms with Gasteiger partial charge in [-0.1, -0.05) is 40.4 Å². The molecule has 0 aliphatic heterocycles. The zero-order chi connectivity index (χ0) is 31.5. The van der Waals surface area contributed by atoms with Crippen molar-refractivity contribution in [3.8, 4) is 28.4 Å². The lowest BCUT2D eigenvalue weighted by Gasteiger charge is -2.48. The molecule has 1 aliphatic rings. The van der Waals surface area contributed by atoms with Crippen molar-refractivity contribution in [1.29, 1.82) is 0 Å². The van der Waals surface area contributed by atoms with Gasteiger partial charge in [0.2, 0.25) is 0 Å². The fourth-order valence-corrected chi connectivity index (χ4v) is 6.42. The van der Waals surface area contributed by atoms with Crippen LogP contribution in [0.2, 0.25) is 25.7 Å². The van der Waals surface area contributed by atoms with E-state index >= 15 is 0 Å². The first kappa shape index (κ1) is 33.2. The number of hydrogen-bond donors (Lipinski definition) is 0. The molecule has 10 heteroatoms. The average Bonchev–Trinajstić information content (AvgIpc) is 3.37. The van der Waals surface area contributed by atoms with Crippen molar-refractivity contribution in [2.45, 2.75) is 91.2 Å². The molecule has 1 aromatic carbocycles. The number of imidazole rings is 1. The maximum atomic E-state index is 13.5. The third kappa shape index (κ3) is 8.48. The second-order valence-corrected chi connectivity index (χ2v) is 19.6. The van der Waals surface area contributed by atoms with E-state index in [4.69, 9.17) is 14.2 Å². The smallest absolute Gasteiger partial charge is 0.434 e. The highest BCUT2D eigenvalue weighted by Crippen LogP contribution is 2.50. The van der Waals surface area contributed by atoms with Crippen molar-refractivity contribution < 1.29 is 27.4 Å². The van der Waals surface area contributed by atoms with Gasteiger partial charge in [-0.05, 0) is 79.0 Å². The number of hydrogen-bond acceptors (Lipinski definition) is 5. The largest absolute Gasteiger partial charge is 0.490 e. The Hall–Kier alpha value is -2.69. The molecular weight excluding hydrogens is 571 g/mol. The van der Waals surface area contributed by atoms with E-state index in [1.807, 2.05) is 24.3 Å². The van der Waals surface area contributed by atoms with Crippen LogP contribution in [0.3, 0.4) is 0 Å². The van der Waals surface area contributed by atoms with Gasteiger partial charge < -0.3 is 18.8 Å². The van der Waals surface area contributed by atoms with E-state index in [1.165, 1.54) is 4.57 Å². The number of methoxy groups -OCH3 is 1. The Labute approximate surface area is 255 Å². The molecule has 6 nitrogen and oxygen atoms in total. The van der Waals surface area contributed by atoms with Gasteiger partial charge in [0.25, 0.3) is 0 Å². The molecule has 0 N–H and O–H groups in total. The van der Waals surface area contributed by atoms with Crippen LogP contribution in [0.25, 0.3) is 22.6 Å². The summed E-state index contributed by atoms with van der Waals surface area (Å²) in [5.74, 6) is 0.993. The molecule has 4 rings (SSSR count). The zero-order valence-electron chi connectivity index (χ0n) is 26.6. The normalized spacial score (nSPS) is 19.9. The minimum atomic E-state index is -4.55. The summed E-state index contributed by atoms with van der Waals surface area (Å²) >= 11 is 0. The fraction of sp³-hybridized carbons (Fsp3) is 0.576. The van der Waals surface area contributed by atoms with E-state index in [2.05, 4.69) is 50.4 Å². The topological polar surface area (TPSA) is 58.4 Å². The number of rotatable bonds is 11. The third-order valence-corrected chi connectivity index (χ3v) is 10.4. The molecule has 0 bridgehead atoms. The van der Waals surface area contributed by atoms with Crippen LogP contribution in [0.5, 0.6) is 5.75 Å². The SMILES string of the molecule is COC[C@]1(C(C)(C)C)CC[C@H](Oc2ccc(-c3ccc(-c4nc(C(F)(F)F)cn4COCC[Si](C)(C)C)cn3)cc2)CC1. The van der Waals surface area contributed by atoms with Crippen molar-refractivity contribution in [1.82, 2.24) is 14.5 Å². The molecule has 0 spiro atoms. The maximum absolute atomic E-state index is 13.5. The van der Waals surface area contributed by atoms with Gasteiger partial charge in [-0.15, -0.1) is 0 Å². The average molecular weight is 618 g/mol. The summed E-state index contributed by atoms with van der Waals surface area (Å²) in [5, 5.41) is 0. The number of halogens is 3. The van der Waals surface area contributed by atoms with Crippen molar-refractivity contribution in [2.75, 3.05) is 20.3 Å². The number of aromatic nitrogens is 3. The second kappa shape index (κ2) is 13.1. The lowest BCUT2D eigenvalue weighted by molar-refractivity contribution is -0.141. The van der Waals surface area contributed by atoms with E-state index < -0.39 is 19.9 Å². The molecule has 1 aliphatic carbocycles. The lowest BCUT2D eigenvalue weighted by Crippen LogP contribution is -2.44. The summed E-state index contributed by atoms with van der Waals surface area (Å²) in [4.78, 5) is 8.43. The predicted octanol–water partition coefficient (Wildman–Crippen LogP) is 8.94. The third-order valence-electron chi connectivity index (χ3n) is 8.67. The Bertz CT molecular complexity index is 1320. The van der Waals surface area contributed by atoms with Crippen LogP contribution in [0.4, 0.5) is 13.2 Å². The molecule has 1 fully saturated rings. The van der Waals surface area contributed by atoms with E-state index in [1.54, 1.807) is 25.4 Å². The molecule has 43 heavy (non-hydrogen) atoms. The molecule has 0 amide bonds. The fourth-order valence-electron chi connectivity index (χ4n) is 5.67. The number of ether oxygens (including phenoxy) is 3. The lowest BCUT2D eigenvalue weighted by atomic mass is 9.59. The first-order valence-corrected chi connectivity index (χ1v) is 18.8. The number of nitrogens with zero attached hydrogens (tertiary/aromatic N) is 3. The molecular formula is C33H46F3N3O3Si. The molecule has 236 valence electrons. The summed E-state index contributed by atoms with van der Waals surface area (Å²) in [6, 6.07) is 12.3. The van der Waals surface area contributed by atoms with E-state index in [9.17, 15) is 13.2 Å². The van der Waals surface area contributed by atoms with Crippen LogP contribution in [-0.2, 0) is 22.4 Å². The van der Waals surface area contributed by atoms with Crippen LogP contribution in [-0.4, -0.2) is 49.0 Å². The highest BCUT2D eigenvalue weighted by Gasteiger charge is 2.44. The molecule has 0 unspecified atom stereocenters. The van der Waals surface area contributed by atoms with Gasteiger partial charge in [0.15, 0.2) is 5.69 Å². The van der Waals surface area contributed by atoms with E-state index in [-0.39, 0.29) is 29.5 Å². The maximum Gasteiger partial charge on any atom is 0.434 e. The van der Waals surface area contributed by atoms with Crippen molar-refractivity contribution in [3.63, 3.8) is 0 Å². The van der Waals surface area contributed by atoms with Gasteiger partial charge in [-0.2, -0.15) is 13.2 Å². The Kier molecular flexibility index (Phi) is 10.1. The summed E-state index contributed by atoms with van der Waals surface area (Å²) in [7, 11) is 0.464. The van der Waals surface area contributed by atoms with Crippen molar-refractivity contribution >= 4 is 8.07 Å². The van der Waals surface area contributed by atoms with Crippen LogP contribution in [0.1, 0.15) is 52.1 Å². The molecule has 0 saturated heterocycles. The van der Waals surface area contributed by atoms with Gasteiger partial charge in [-0.3, -0.25) is 4.98 Å². The summed E-state index contributed by atoms with van der Waals surface area (Å²) < 4.78 is 59.5. The summed E-state index contributed by atoms with van der Waals surface area (Å²) in [5.41, 5.74) is 1.47. The van der Waals surface area contributed by atoms with Gasteiger partial charge in [0.1, 0.15) is 18.3 Å². The van der Waals surface area contributed by atoms with Gasteiger partial charge >= 0.3 is 6.18 Å². The molecule has 1 saturated carbocycles. The Morgan fingerprint density at radius 2 is 1.63 bits per heavy atom. The van der Waals surface area contributed by atoms with Crippen LogP contribution >= 0.6 is 0 Å². The number of alkyl halides is 3. The van der Waals surface area contributed by atoms with E-state index in [0.717, 1.165) is 55.8 Å². The highest BCUT2D eigenvalue weighted by atomic mass is 28.3. The molecule has 2 aromatic heterocycles. The second-order valence-electron chi connectivity index (χ2n) is 14.0. The summed E-state index contributed by atoms with van der Waals surface area (Å²) in [6.45, 7) is 14.8. The first-order valence-electron chi connectivity index (χ1n) is 15.0. The number of pyridine rings is 1. The standard InChI is InChI=1S/C33H46F3N3O3Si/c1-31(2,3)32(22-40-4)16-14-27(15-17-32)42-26-11-8-24(9-12-26)28-13-10-25(20-37-28)30-38-29(33(34,35)36)21-39(30)23-41-18-19-43(5,6)7/h8-13,20-21,27H,14-19,22-23H2,1-7H3/t27-,32-. The number of benzene rings is 1. The molecule has 3 aromatic rings. The predicted molar refractivity (Wildman–Crippen MR) is 167 cm³/mol. The van der Waals surface area contributed by atoms with Gasteiger partial charge in [0, 0.05) is 45.3 Å². The van der Waals surface area contributed by atoms with Crippen LogP contribution < -0.4 is 4.74 Å². The molecule has 0 radical (unpaired) electrons. The van der Waals surface area contributed by atoms with Crippen molar-refractivity contribution in [2.24, 2.45) is 10.8 Å². The van der Waals surface area contributed by atoms with Crippen LogP contribution in [0, 0.1) is 10.8 Å². The zero-order valence-corrected chi connectivity index (χ0v) is 27.6. The van der Waals surface area contributed by atoms with Gasteiger partial charge in [0.05, 0.1) is 18.4 Å². The molecule has 2 heterocycles. The summed E-state index contributed by atoms with van der Waals surface area (Å²) in [6.07, 6.45) is 2.29. The molecule has 0 atom stereocenters. The monoisotopic (exact) mass is 617 g/mol. The first-order chi connectivity index (χ1) is 20.1.